The molecule has 0 aliphatic carbocycles. The largest absolute Gasteiger partial charge is 0.384 e. The number of rotatable bonds is 2. The number of para-hydroxylation sites is 1. The fourth-order valence-electron chi connectivity index (χ4n) is 2.50. The summed E-state index contributed by atoms with van der Waals surface area (Å²) in [5.41, 5.74) is 7.36. The molecule has 5 heteroatoms. The first kappa shape index (κ1) is 12.9. The van der Waals surface area contributed by atoms with E-state index < -0.39 is 0 Å². The molecule has 0 saturated carbocycles. The molecule has 2 aromatic rings. The van der Waals surface area contributed by atoms with E-state index in [1.54, 1.807) is 0 Å². The predicted octanol–water partition coefficient (Wildman–Crippen LogP) is 1.75. The van der Waals surface area contributed by atoms with Gasteiger partial charge in [0, 0.05) is 25.1 Å². The molecule has 0 amide bonds. The number of nitrogen functional groups attached to an aromatic ring is 1. The quantitative estimate of drug-likeness (QED) is 0.644. The monoisotopic (exact) mass is 270 g/mol. The summed E-state index contributed by atoms with van der Waals surface area (Å²) < 4.78 is 5.48. The maximum Gasteiger partial charge on any atom is 0.140 e. The molecule has 0 bridgehead atoms. The number of anilines is 1. The Kier molecular flexibility index (Phi) is 3.52. The number of nitrogens with zero attached hydrogens (tertiary/aromatic N) is 2. The van der Waals surface area contributed by atoms with Crippen LogP contribution in [0.2, 0.25) is 0 Å². The summed E-state index contributed by atoms with van der Waals surface area (Å²) in [6.45, 7) is 3.13. The Morgan fingerprint density at radius 2 is 2.10 bits per heavy atom. The van der Waals surface area contributed by atoms with Gasteiger partial charge in [0.15, 0.2) is 0 Å². The molecule has 0 spiro atoms. The molecule has 3 rings (SSSR count). The molecule has 2 heterocycles. The number of benzene rings is 1. The summed E-state index contributed by atoms with van der Waals surface area (Å²) in [4.78, 5) is 6.87. The Balaban J connectivity index is 2.11. The third kappa shape index (κ3) is 2.44. The van der Waals surface area contributed by atoms with Gasteiger partial charge in [0.2, 0.25) is 0 Å². The van der Waals surface area contributed by atoms with Crippen LogP contribution in [0.25, 0.3) is 10.9 Å². The highest BCUT2D eigenvalue weighted by Crippen LogP contribution is 2.24. The van der Waals surface area contributed by atoms with Crippen LogP contribution in [0.4, 0.5) is 5.82 Å². The van der Waals surface area contributed by atoms with Gasteiger partial charge in [-0.05, 0) is 18.6 Å². The fraction of sp³-hybridized carbons (Fsp3) is 0.333. The second-order valence-corrected chi connectivity index (χ2v) is 4.92. The first-order valence-electron chi connectivity index (χ1n) is 6.82. The summed E-state index contributed by atoms with van der Waals surface area (Å²) in [5.74, 6) is 0.852. The van der Waals surface area contributed by atoms with Crippen LogP contribution in [-0.2, 0) is 4.74 Å². The second-order valence-electron chi connectivity index (χ2n) is 4.92. The van der Waals surface area contributed by atoms with Crippen molar-refractivity contribution in [3.05, 3.63) is 35.9 Å². The molecule has 1 fully saturated rings. The summed E-state index contributed by atoms with van der Waals surface area (Å²) in [7, 11) is 0. The van der Waals surface area contributed by atoms with Crippen molar-refractivity contribution >= 4 is 22.6 Å². The fourth-order valence-corrected chi connectivity index (χ4v) is 2.50. The first-order chi connectivity index (χ1) is 9.75. The van der Waals surface area contributed by atoms with Crippen LogP contribution < -0.4 is 10.6 Å². The van der Waals surface area contributed by atoms with Gasteiger partial charge in [0.05, 0.1) is 17.7 Å². The van der Waals surface area contributed by atoms with E-state index in [2.05, 4.69) is 4.90 Å². The lowest BCUT2D eigenvalue weighted by Crippen LogP contribution is -2.29. The van der Waals surface area contributed by atoms with Gasteiger partial charge >= 0.3 is 0 Å². The number of aromatic nitrogens is 1. The molecule has 1 aliphatic heterocycles. The minimum absolute atomic E-state index is 0.0587. The number of nitrogens with two attached hydrogens (primary N) is 1. The van der Waals surface area contributed by atoms with Gasteiger partial charge in [0.1, 0.15) is 11.7 Å². The van der Waals surface area contributed by atoms with Crippen LogP contribution in [0.15, 0.2) is 30.3 Å². The Labute approximate surface area is 117 Å². The molecule has 5 nitrogen and oxygen atoms in total. The van der Waals surface area contributed by atoms with Crippen LogP contribution in [0.1, 0.15) is 12.0 Å². The van der Waals surface area contributed by atoms with E-state index in [1.807, 2.05) is 30.3 Å². The maximum atomic E-state index is 7.80. The van der Waals surface area contributed by atoms with Gasteiger partial charge in [-0.1, -0.05) is 18.2 Å². The number of hydrogen-bond acceptors (Lipinski definition) is 4. The van der Waals surface area contributed by atoms with Gasteiger partial charge in [0.25, 0.3) is 0 Å². The van der Waals surface area contributed by atoms with Crippen molar-refractivity contribution in [2.75, 3.05) is 31.2 Å². The van der Waals surface area contributed by atoms with Gasteiger partial charge in [-0.3, -0.25) is 5.41 Å². The van der Waals surface area contributed by atoms with E-state index in [0.29, 0.717) is 12.2 Å². The summed E-state index contributed by atoms with van der Waals surface area (Å²) in [6, 6.07) is 9.86. The van der Waals surface area contributed by atoms with Crippen molar-refractivity contribution in [3.8, 4) is 0 Å². The molecule has 1 aliphatic rings. The summed E-state index contributed by atoms with van der Waals surface area (Å²) >= 11 is 0. The molecule has 1 aromatic heterocycles. The number of hydrogen-bond donors (Lipinski definition) is 2. The minimum atomic E-state index is 0.0587. The molecule has 0 radical (unpaired) electrons. The van der Waals surface area contributed by atoms with Gasteiger partial charge in [-0.2, -0.15) is 0 Å². The molecule has 1 aromatic carbocycles. The smallest absolute Gasteiger partial charge is 0.140 e. The van der Waals surface area contributed by atoms with Gasteiger partial charge in [-0.25, -0.2) is 4.98 Å². The Morgan fingerprint density at radius 3 is 2.95 bits per heavy atom. The molecule has 0 unspecified atom stereocenters. The summed E-state index contributed by atoms with van der Waals surface area (Å²) in [6.07, 6.45) is 0.964. The van der Waals surface area contributed by atoms with Gasteiger partial charge in [-0.15, -0.1) is 0 Å². The predicted molar refractivity (Wildman–Crippen MR) is 80.4 cm³/mol. The molecular weight excluding hydrogens is 252 g/mol. The zero-order chi connectivity index (χ0) is 13.9. The van der Waals surface area contributed by atoms with E-state index in [1.165, 1.54) is 0 Å². The van der Waals surface area contributed by atoms with Crippen LogP contribution in [0.3, 0.4) is 0 Å². The number of fused-ring (bicyclic) bond motifs is 1. The average Bonchev–Trinajstić information content (AvgIpc) is 2.74. The van der Waals surface area contributed by atoms with Crippen LogP contribution in [0.5, 0.6) is 0 Å². The van der Waals surface area contributed by atoms with E-state index >= 15 is 0 Å². The maximum absolute atomic E-state index is 7.80. The van der Waals surface area contributed by atoms with Gasteiger partial charge < -0.3 is 15.4 Å². The third-order valence-corrected chi connectivity index (χ3v) is 3.52. The average molecular weight is 270 g/mol. The third-order valence-electron chi connectivity index (χ3n) is 3.52. The van der Waals surface area contributed by atoms with Crippen molar-refractivity contribution in [2.24, 2.45) is 5.73 Å². The number of ether oxygens (including phenoxy) is 1. The van der Waals surface area contributed by atoms with E-state index in [-0.39, 0.29) is 5.84 Å². The highest BCUT2D eigenvalue weighted by molar-refractivity contribution is 6.03. The van der Waals surface area contributed by atoms with E-state index in [4.69, 9.17) is 20.9 Å². The lowest BCUT2D eigenvalue weighted by atomic mass is 10.1. The Morgan fingerprint density at radius 1 is 1.25 bits per heavy atom. The Hall–Kier alpha value is -2.14. The standard InChI is InChI=1S/C15H18N4O/c16-14(17)12-10-11-4-1-2-5-13(11)18-15(12)19-6-3-8-20-9-7-19/h1-2,4-5,10H,3,6-9H2,(H3,16,17). The van der Waals surface area contributed by atoms with Crippen molar-refractivity contribution in [3.63, 3.8) is 0 Å². The minimum Gasteiger partial charge on any atom is -0.384 e. The molecule has 0 atom stereocenters. The molecule has 3 N–H and O–H groups in total. The van der Waals surface area contributed by atoms with Crippen LogP contribution in [0, 0.1) is 5.41 Å². The zero-order valence-corrected chi connectivity index (χ0v) is 11.3. The lowest BCUT2D eigenvalue weighted by molar-refractivity contribution is 0.152. The highest BCUT2D eigenvalue weighted by Gasteiger charge is 2.17. The van der Waals surface area contributed by atoms with E-state index in [9.17, 15) is 0 Å². The van der Waals surface area contributed by atoms with Crippen molar-refractivity contribution in [1.82, 2.24) is 4.98 Å². The molecule has 104 valence electrons. The van der Waals surface area contributed by atoms with Crippen molar-refractivity contribution in [2.45, 2.75) is 6.42 Å². The van der Waals surface area contributed by atoms with Crippen molar-refractivity contribution in [1.29, 1.82) is 5.41 Å². The number of nitrogens with one attached hydrogen (secondary N) is 1. The van der Waals surface area contributed by atoms with Crippen molar-refractivity contribution < 1.29 is 4.74 Å². The van der Waals surface area contributed by atoms with E-state index in [0.717, 1.165) is 42.8 Å². The SMILES string of the molecule is N=C(N)c1cc2ccccc2nc1N1CCCOCC1. The zero-order valence-electron chi connectivity index (χ0n) is 11.3. The summed E-state index contributed by atoms with van der Waals surface area (Å²) in [5, 5.41) is 8.81. The first-order valence-corrected chi connectivity index (χ1v) is 6.82. The lowest BCUT2D eigenvalue weighted by Gasteiger charge is -2.23. The molecule has 1 saturated heterocycles. The Bertz CT molecular complexity index is 633. The number of pyridine rings is 1. The van der Waals surface area contributed by atoms with Crippen LogP contribution in [-0.4, -0.2) is 37.1 Å². The number of amidine groups is 1. The van der Waals surface area contributed by atoms with Crippen LogP contribution >= 0.6 is 0 Å². The topological polar surface area (TPSA) is 75.2 Å². The highest BCUT2D eigenvalue weighted by atomic mass is 16.5. The molecular formula is C15H18N4O. The molecule has 20 heavy (non-hydrogen) atoms. The second kappa shape index (κ2) is 5.46. The normalized spacial score (nSPS) is 16.1.